The fraction of sp³-hybridized carbons (Fsp3) is 0.432. The molecule has 54 heavy (non-hydrogen) atoms. The maximum atomic E-state index is 12.4. The first-order valence-electron chi connectivity index (χ1n) is 17.5. The van der Waals surface area contributed by atoms with E-state index in [1.54, 1.807) is 30.3 Å². The first-order chi connectivity index (χ1) is 25.9. The number of rotatable bonds is 12. The van der Waals surface area contributed by atoms with Crippen LogP contribution in [0.15, 0.2) is 63.5 Å². The fourth-order valence-electron chi connectivity index (χ4n) is 7.00. The summed E-state index contributed by atoms with van der Waals surface area (Å²) in [4.78, 5) is 24.2. The molecule has 0 radical (unpaired) electrons. The molecule has 0 spiro atoms. The summed E-state index contributed by atoms with van der Waals surface area (Å²) >= 11 is 0. The fourth-order valence-corrected chi connectivity index (χ4v) is 7.00. The van der Waals surface area contributed by atoms with E-state index < -0.39 is 60.6 Å². The lowest BCUT2D eigenvalue weighted by Crippen LogP contribution is -2.69. The van der Waals surface area contributed by atoms with Crippen molar-refractivity contribution in [3.63, 3.8) is 0 Å². The van der Waals surface area contributed by atoms with Gasteiger partial charge in [-0.15, -0.1) is 0 Å². The number of nitrogens with zero attached hydrogens (tertiary/aromatic N) is 3. The van der Waals surface area contributed by atoms with Crippen molar-refractivity contribution in [2.24, 2.45) is 15.0 Å². The highest BCUT2D eigenvalue weighted by atomic mass is 16.7. The summed E-state index contributed by atoms with van der Waals surface area (Å²) in [6.07, 6.45) is -1.06. The van der Waals surface area contributed by atoms with Gasteiger partial charge in [-0.1, -0.05) is 18.6 Å². The molecule has 0 aromatic heterocycles. The third-order valence-corrected chi connectivity index (χ3v) is 9.85. The summed E-state index contributed by atoms with van der Waals surface area (Å²) in [5, 5.41) is 84.4. The number of aliphatic hydroxyl groups excluding tert-OH is 4. The van der Waals surface area contributed by atoms with Gasteiger partial charge in [0.05, 0.1) is 18.4 Å². The van der Waals surface area contributed by atoms with Crippen molar-refractivity contribution in [2.45, 2.75) is 87.0 Å². The standard InChI is InChI=1S/C37H40N4O13/c38-28-11-10-22(41-28)24(43)16-50-20-8-6-18(7-9-20)25-12-23(42)29-26(52-25)13-27(32(30(29)44)51-21-4-2-1-3-5-21)53-36-31(45)33(46)37(49,34(54-36)35(47)48)14-19-15-39-17-40-19/h6-13,17,21,24-25,31,33-34,36,38,42-46,49H,1-5,14-16H2,(H,47,48)/t24-,25?,31+,33-,34+,36+,37-/m0/s1. The molecule has 1 saturated carbocycles. The molecule has 2 fully saturated rings. The van der Waals surface area contributed by atoms with Crippen LogP contribution in [0, 0.1) is 5.41 Å². The summed E-state index contributed by atoms with van der Waals surface area (Å²) in [5.74, 6) is -2.59. The Bertz CT molecular complexity index is 1940. The molecule has 4 heterocycles. The molecule has 7 rings (SSSR count). The number of aliphatic imine (C=N–C) groups is 3. The summed E-state index contributed by atoms with van der Waals surface area (Å²) in [6, 6.07) is 7.91. The molecule has 0 amide bonds. The molecule has 17 heteroatoms. The van der Waals surface area contributed by atoms with Gasteiger partial charge in [-0.25, -0.2) is 14.8 Å². The zero-order valence-corrected chi connectivity index (χ0v) is 28.8. The quantitative estimate of drug-likeness (QED) is 0.155. The van der Waals surface area contributed by atoms with E-state index in [0.29, 0.717) is 29.9 Å². The highest BCUT2D eigenvalue weighted by Gasteiger charge is 2.59. The maximum Gasteiger partial charge on any atom is 0.336 e. The Kier molecular flexibility index (Phi) is 10.4. The van der Waals surface area contributed by atoms with Gasteiger partial charge in [0.25, 0.3) is 0 Å². The number of hydrogen-bond acceptors (Lipinski definition) is 15. The monoisotopic (exact) mass is 748 g/mol. The van der Waals surface area contributed by atoms with Crippen molar-refractivity contribution in [1.82, 2.24) is 0 Å². The molecule has 1 unspecified atom stereocenters. The number of amidine groups is 1. The number of fused-ring (bicyclic) bond motifs is 1. The van der Waals surface area contributed by atoms with Gasteiger partial charge in [0.1, 0.15) is 71.6 Å². The first kappa shape index (κ1) is 37.0. The molecular formula is C37H40N4O13. The van der Waals surface area contributed by atoms with Crippen molar-refractivity contribution in [2.75, 3.05) is 13.2 Å². The van der Waals surface area contributed by atoms with Crippen LogP contribution in [0.3, 0.4) is 0 Å². The molecule has 1 saturated heterocycles. The van der Waals surface area contributed by atoms with E-state index in [1.807, 2.05) is 0 Å². The minimum atomic E-state index is -2.50. The summed E-state index contributed by atoms with van der Waals surface area (Å²) < 4.78 is 29.7. The highest BCUT2D eigenvalue weighted by molar-refractivity contribution is 6.15. The third-order valence-electron chi connectivity index (χ3n) is 9.85. The van der Waals surface area contributed by atoms with E-state index in [1.165, 1.54) is 24.6 Å². The Morgan fingerprint density at radius 1 is 1.07 bits per heavy atom. The van der Waals surface area contributed by atoms with E-state index in [-0.39, 0.29) is 59.4 Å². The van der Waals surface area contributed by atoms with Crippen molar-refractivity contribution in [1.29, 1.82) is 5.41 Å². The molecule has 7 atom stereocenters. The molecule has 0 bridgehead atoms. The maximum absolute atomic E-state index is 12.4. The molecule has 4 aliphatic heterocycles. The van der Waals surface area contributed by atoms with Crippen LogP contribution in [0.4, 0.5) is 0 Å². The lowest BCUT2D eigenvalue weighted by atomic mass is 9.80. The second-order valence-corrected chi connectivity index (χ2v) is 13.6. The van der Waals surface area contributed by atoms with Gasteiger partial charge < -0.3 is 59.4 Å². The minimum absolute atomic E-state index is 0.0410. The van der Waals surface area contributed by atoms with Crippen molar-refractivity contribution < 1.29 is 64.2 Å². The minimum Gasteiger partial charge on any atom is -0.507 e. The van der Waals surface area contributed by atoms with Crippen molar-refractivity contribution in [3.05, 3.63) is 59.7 Å². The van der Waals surface area contributed by atoms with Crippen LogP contribution in [-0.4, -0.2) is 121 Å². The number of benzene rings is 2. The molecular weight excluding hydrogens is 708 g/mol. The lowest BCUT2D eigenvalue weighted by molar-refractivity contribution is -0.303. The summed E-state index contributed by atoms with van der Waals surface area (Å²) in [5.41, 5.74) is -1.44. The van der Waals surface area contributed by atoms with Gasteiger partial charge in [-0.05, 0) is 55.5 Å². The molecule has 17 nitrogen and oxygen atoms in total. The van der Waals surface area contributed by atoms with Crippen LogP contribution in [-0.2, 0) is 9.53 Å². The van der Waals surface area contributed by atoms with Crippen LogP contribution in [0.5, 0.6) is 28.7 Å². The largest absolute Gasteiger partial charge is 0.507 e. The van der Waals surface area contributed by atoms with E-state index in [9.17, 15) is 40.5 Å². The average molecular weight is 749 g/mol. The van der Waals surface area contributed by atoms with E-state index in [4.69, 9.17) is 29.1 Å². The van der Waals surface area contributed by atoms with Crippen molar-refractivity contribution in [3.8, 4) is 28.7 Å². The highest BCUT2D eigenvalue weighted by Crippen LogP contribution is 2.52. The van der Waals surface area contributed by atoms with Crippen LogP contribution in [0.2, 0.25) is 0 Å². The third kappa shape index (κ3) is 7.40. The van der Waals surface area contributed by atoms with Crippen LogP contribution < -0.4 is 18.9 Å². The van der Waals surface area contributed by atoms with Gasteiger partial charge in [0.15, 0.2) is 17.6 Å². The van der Waals surface area contributed by atoms with Crippen LogP contribution in [0.1, 0.15) is 55.8 Å². The van der Waals surface area contributed by atoms with E-state index in [0.717, 1.165) is 19.3 Å². The Balaban J connectivity index is 1.14. The number of ether oxygens (including phenoxy) is 5. The topological polar surface area (TPSA) is 266 Å². The Morgan fingerprint density at radius 2 is 1.83 bits per heavy atom. The smallest absolute Gasteiger partial charge is 0.336 e. The van der Waals surface area contributed by atoms with Gasteiger partial charge in [-0.3, -0.25) is 10.4 Å². The summed E-state index contributed by atoms with van der Waals surface area (Å²) in [7, 11) is 0. The number of carboxylic acid groups (broad SMARTS) is 1. The molecule has 2 aromatic carbocycles. The van der Waals surface area contributed by atoms with Gasteiger partial charge in [-0.2, -0.15) is 0 Å². The Morgan fingerprint density at radius 3 is 2.50 bits per heavy atom. The average Bonchev–Trinajstić information content (AvgIpc) is 3.84. The number of hydrogen-bond donors (Lipinski definition) is 8. The molecule has 286 valence electrons. The van der Waals surface area contributed by atoms with Crippen LogP contribution >= 0.6 is 0 Å². The second kappa shape index (κ2) is 15.2. The molecule has 8 N–H and O–H groups in total. The number of phenols is 1. The van der Waals surface area contributed by atoms with Gasteiger partial charge in [0.2, 0.25) is 12.0 Å². The summed E-state index contributed by atoms with van der Waals surface area (Å²) in [6.45, 7) is -0.0373. The SMILES string of the molecule is N=C1C=CC([C@@H](O)COc2ccc(C3C=C(O)c4c(cc(O[C@@H]5O[C@H](C(=O)O)[C@](O)(CC6=NC=NC6)[C@@H](O)[C@H]5O)c(OC5CCCCC5)c4O)O3)cc2)=N1. The Hall–Kier alpha value is -5.33. The lowest BCUT2D eigenvalue weighted by Gasteiger charge is -2.46. The van der Waals surface area contributed by atoms with E-state index in [2.05, 4.69) is 15.0 Å². The molecule has 2 aromatic rings. The molecule has 5 aliphatic rings. The number of carbonyl (C=O) groups is 1. The first-order valence-corrected chi connectivity index (χ1v) is 17.5. The second-order valence-electron chi connectivity index (χ2n) is 13.6. The van der Waals surface area contributed by atoms with Crippen LogP contribution in [0.25, 0.3) is 5.76 Å². The van der Waals surface area contributed by atoms with E-state index >= 15 is 0 Å². The van der Waals surface area contributed by atoms with Gasteiger partial charge in [0, 0.05) is 24.3 Å². The number of aliphatic carboxylic acids is 1. The predicted molar refractivity (Wildman–Crippen MR) is 191 cm³/mol. The number of aromatic hydroxyl groups is 1. The zero-order valence-electron chi connectivity index (χ0n) is 28.8. The predicted octanol–water partition coefficient (Wildman–Crippen LogP) is 2.38. The van der Waals surface area contributed by atoms with Crippen molar-refractivity contribution >= 4 is 35.3 Å². The number of phenolic OH excluding ortho intramolecular Hbond substituents is 1. The Labute approximate surface area is 308 Å². The molecule has 1 aliphatic carbocycles. The number of nitrogens with one attached hydrogen (secondary N) is 1. The number of carboxylic acids is 1. The van der Waals surface area contributed by atoms with Gasteiger partial charge >= 0.3 is 5.97 Å². The normalized spacial score (nSPS) is 28.4. The number of aliphatic hydroxyl groups is 5. The zero-order chi connectivity index (χ0) is 38.1.